The van der Waals surface area contributed by atoms with Crippen LogP contribution in [0.15, 0.2) is 58.3 Å². The van der Waals surface area contributed by atoms with Gasteiger partial charge in [-0.15, -0.1) is 0 Å². The quantitative estimate of drug-likeness (QED) is 0.676. The largest absolute Gasteiger partial charge is 0.241 e. The van der Waals surface area contributed by atoms with E-state index in [-0.39, 0.29) is 15.7 Å². The minimum absolute atomic E-state index is 0.00866. The van der Waals surface area contributed by atoms with E-state index >= 15 is 0 Å². The smallest absolute Gasteiger partial charge is 0.225 e. The normalized spacial score (nSPS) is 14.8. The number of primary sulfonamides is 1. The topological polar surface area (TPSA) is 106 Å². The molecule has 3 N–H and O–H groups in total. The average Bonchev–Trinajstić information content (AvgIpc) is 2.65. The van der Waals surface area contributed by atoms with Gasteiger partial charge in [0.15, 0.2) is 0 Å². The van der Waals surface area contributed by atoms with E-state index in [1.807, 2.05) is 38.1 Å². The van der Waals surface area contributed by atoms with Crippen LogP contribution in [0.5, 0.6) is 0 Å². The second-order valence-electron chi connectivity index (χ2n) is 7.34. The molecule has 2 atom stereocenters. The Morgan fingerprint density at radius 3 is 1.93 bits per heavy atom. The van der Waals surface area contributed by atoms with Crippen molar-refractivity contribution in [2.75, 3.05) is 0 Å². The third kappa shape index (κ3) is 5.41. The Morgan fingerprint density at radius 2 is 1.43 bits per heavy atom. The van der Waals surface area contributed by atoms with Gasteiger partial charge in [-0.2, -0.15) is 0 Å². The molecule has 0 saturated heterocycles. The van der Waals surface area contributed by atoms with E-state index in [1.165, 1.54) is 23.8 Å². The van der Waals surface area contributed by atoms with Gasteiger partial charge in [0.2, 0.25) is 20.0 Å². The van der Waals surface area contributed by atoms with Crippen molar-refractivity contribution in [1.29, 1.82) is 0 Å². The molecular weight excluding hydrogens is 396 g/mol. The predicted molar refractivity (Wildman–Crippen MR) is 111 cm³/mol. The van der Waals surface area contributed by atoms with Crippen LogP contribution in [0.25, 0.3) is 0 Å². The summed E-state index contributed by atoms with van der Waals surface area (Å²) in [5, 5.41) is 5.12. The van der Waals surface area contributed by atoms with Gasteiger partial charge in [-0.05, 0) is 47.6 Å². The molecule has 6 nitrogen and oxygen atoms in total. The van der Waals surface area contributed by atoms with Crippen LogP contribution in [0, 0.1) is 5.92 Å². The standard InChI is InChI=1S/C20H28N2O4S2/c1-5-15(4)16-9-11-17(12-10-16)20(14(2)3)22-28(25,26)19-8-6-7-18(13-19)27(21,23)24/h6-15,20,22H,5H2,1-4H3,(H2,21,23,24). The van der Waals surface area contributed by atoms with Gasteiger partial charge in [0, 0.05) is 6.04 Å². The van der Waals surface area contributed by atoms with Crippen LogP contribution >= 0.6 is 0 Å². The zero-order valence-electron chi connectivity index (χ0n) is 16.6. The van der Waals surface area contributed by atoms with Crippen molar-refractivity contribution in [2.24, 2.45) is 11.1 Å². The van der Waals surface area contributed by atoms with Gasteiger partial charge in [0.05, 0.1) is 9.79 Å². The maximum atomic E-state index is 12.9. The van der Waals surface area contributed by atoms with Crippen LogP contribution in [-0.2, 0) is 20.0 Å². The van der Waals surface area contributed by atoms with E-state index in [4.69, 9.17) is 5.14 Å². The highest BCUT2D eigenvalue weighted by molar-refractivity contribution is 7.90. The van der Waals surface area contributed by atoms with Crippen molar-refractivity contribution < 1.29 is 16.8 Å². The van der Waals surface area contributed by atoms with Crippen molar-refractivity contribution in [2.45, 2.75) is 55.9 Å². The molecule has 8 heteroatoms. The highest BCUT2D eigenvalue weighted by Crippen LogP contribution is 2.27. The fraction of sp³-hybridized carbons (Fsp3) is 0.400. The summed E-state index contributed by atoms with van der Waals surface area (Å²) in [6.07, 6.45) is 1.03. The second-order valence-corrected chi connectivity index (χ2v) is 10.6. The first-order chi connectivity index (χ1) is 13.0. The van der Waals surface area contributed by atoms with Gasteiger partial charge in [0.1, 0.15) is 0 Å². The molecule has 0 spiro atoms. The molecular formula is C20H28N2O4S2. The molecule has 0 amide bonds. The molecule has 0 radical (unpaired) electrons. The van der Waals surface area contributed by atoms with Gasteiger partial charge >= 0.3 is 0 Å². The molecule has 0 aliphatic rings. The first-order valence-corrected chi connectivity index (χ1v) is 12.2. The number of nitrogens with two attached hydrogens (primary N) is 1. The van der Waals surface area contributed by atoms with Crippen molar-refractivity contribution in [3.63, 3.8) is 0 Å². The number of nitrogens with one attached hydrogen (secondary N) is 1. The number of sulfonamides is 2. The summed E-state index contributed by atoms with van der Waals surface area (Å²) < 4.78 is 51.5. The fourth-order valence-corrected chi connectivity index (χ4v) is 4.96. The summed E-state index contributed by atoms with van der Waals surface area (Å²) in [5.41, 5.74) is 2.06. The van der Waals surface area contributed by atoms with Crippen LogP contribution in [0.1, 0.15) is 57.2 Å². The summed E-state index contributed by atoms with van der Waals surface area (Å²) in [7, 11) is -7.93. The lowest BCUT2D eigenvalue weighted by atomic mass is 9.93. The molecule has 2 rings (SSSR count). The summed E-state index contributed by atoms with van der Waals surface area (Å²) in [4.78, 5) is -0.379. The van der Waals surface area contributed by atoms with Crippen molar-refractivity contribution in [3.05, 3.63) is 59.7 Å². The monoisotopic (exact) mass is 424 g/mol. The lowest BCUT2D eigenvalue weighted by molar-refractivity contribution is 0.463. The first-order valence-electron chi connectivity index (χ1n) is 9.20. The van der Waals surface area contributed by atoms with Gasteiger partial charge in [0.25, 0.3) is 0 Å². The minimum atomic E-state index is -3.99. The molecule has 0 aliphatic carbocycles. The van der Waals surface area contributed by atoms with Crippen molar-refractivity contribution in [3.8, 4) is 0 Å². The Balaban J connectivity index is 2.36. The third-order valence-corrected chi connectivity index (χ3v) is 7.22. The molecule has 0 bridgehead atoms. The highest BCUT2D eigenvalue weighted by Gasteiger charge is 2.25. The van der Waals surface area contributed by atoms with Crippen molar-refractivity contribution >= 4 is 20.0 Å². The number of hydrogen-bond donors (Lipinski definition) is 2. The lowest BCUT2D eigenvalue weighted by Gasteiger charge is -2.23. The SMILES string of the molecule is CCC(C)c1ccc(C(NS(=O)(=O)c2cccc(S(N)(=O)=O)c2)C(C)C)cc1. The Morgan fingerprint density at radius 1 is 0.893 bits per heavy atom. The predicted octanol–water partition coefficient (Wildman–Crippen LogP) is 3.52. The van der Waals surface area contributed by atoms with Gasteiger partial charge in [-0.1, -0.05) is 58.0 Å². The van der Waals surface area contributed by atoms with Crippen LogP contribution in [0.2, 0.25) is 0 Å². The first kappa shape index (κ1) is 22.5. The fourth-order valence-electron chi connectivity index (χ4n) is 2.91. The molecule has 0 aromatic heterocycles. The van der Waals surface area contributed by atoms with Crippen LogP contribution in [-0.4, -0.2) is 16.8 Å². The Labute approximate surface area is 168 Å². The van der Waals surface area contributed by atoms with E-state index in [1.54, 1.807) is 0 Å². The zero-order chi connectivity index (χ0) is 21.1. The third-order valence-electron chi connectivity index (χ3n) is 4.87. The Bertz CT molecular complexity index is 1010. The molecule has 0 aliphatic heterocycles. The summed E-state index contributed by atoms with van der Waals surface area (Å²) in [6.45, 7) is 8.13. The average molecular weight is 425 g/mol. The molecule has 0 heterocycles. The molecule has 0 fully saturated rings. The van der Waals surface area contributed by atoms with Crippen molar-refractivity contribution in [1.82, 2.24) is 4.72 Å². The molecule has 2 aromatic rings. The molecule has 154 valence electrons. The highest BCUT2D eigenvalue weighted by atomic mass is 32.2. The van der Waals surface area contributed by atoms with E-state index in [0.717, 1.165) is 18.1 Å². The lowest BCUT2D eigenvalue weighted by Crippen LogP contribution is -2.32. The van der Waals surface area contributed by atoms with Gasteiger partial charge in [-0.3, -0.25) is 0 Å². The molecule has 2 aromatic carbocycles. The number of benzene rings is 2. The number of hydrogen-bond acceptors (Lipinski definition) is 4. The van der Waals surface area contributed by atoms with Crippen LogP contribution < -0.4 is 9.86 Å². The maximum absolute atomic E-state index is 12.9. The second kappa shape index (κ2) is 8.73. The van der Waals surface area contributed by atoms with E-state index in [2.05, 4.69) is 18.6 Å². The summed E-state index contributed by atoms with van der Waals surface area (Å²) in [6, 6.07) is 12.5. The summed E-state index contributed by atoms with van der Waals surface area (Å²) in [5.74, 6) is 0.426. The van der Waals surface area contributed by atoms with E-state index in [9.17, 15) is 16.8 Å². The van der Waals surface area contributed by atoms with Gasteiger partial charge < -0.3 is 0 Å². The Kier molecular flexibility index (Phi) is 7.03. The van der Waals surface area contributed by atoms with E-state index in [0.29, 0.717) is 5.92 Å². The minimum Gasteiger partial charge on any atom is -0.225 e. The van der Waals surface area contributed by atoms with Crippen LogP contribution in [0.3, 0.4) is 0 Å². The molecule has 28 heavy (non-hydrogen) atoms. The van der Waals surface area contributed by atoms with E-state index < -0.39 is 26.1 Å². The Hall–Kier alpha value is -1.74. The van der Waals surface area contributed by atoms with Crippen LogP contribution in [0.4, 0.5) is 0 Å². The zero-order valence-corrected chi connectivity index (χ0v) is 18.2. The number of rotatable bonds is 8. The summed E-state index contributed by atoms with van der Waals surface area (Å²) >= 11 is 0. The van der Waals surface area contributed by atoms with Gasteiger partial charge in [-0.25, -0.2) is 26.7 Å². The molecule has 2 unspecified atom stereocenters. The molecule has 0 saturated carbocycles. The maximum Gasteiger partial charge on any atom is 0.241 e.